The highest BCUT2D eigenvalue weighted by atomic mass is 32.1. The van der Waals surface area contributed by atoms with Crippen molar-refractivity contribution in [2.45, 2.75) is 33.2 Å². The number of thiazole rings is 1. The standard InChI is InChI=1S/C18H18N2O4S/c1-4-11-5-12-15(6-14(11)24-18(22)10(3)19)23-7-13(16(12)21)17-20-9(2)8-25-17/h5-8,10H,4,19H2,1-3H3/t10-/m0/s1. The van der Waals surface area contributed by atoms with E-state index >= 15 is 0 Å². The van der Waals surface area contributed by atoms with Gasteiger partial charge in [-0.2, -0.15) is 0 Å². The molecular weight excluding hydrogens is 340 g/mol. The maximum Gasteiger partial charge on any atom is 0.328 e. The van der Waals surface area contributed by atoms with Crippen LogP contribution in [-0.2, 0) is 11.2 Å². The number of ether oxygens (including phenoxy) is 1. The highest BCUT2D eigenvalue weighted by Gasteiger charge is 2.17. The molecule has 130 valence electrons. The second-order valence-corrected chi connectivity index (χ2v) is 6.65. The van der Waals surface area contributed by atoms with Gasteiger partial charge in [-0.05, 0) is 31.9 Å². The smallest absolute Gasteiger partial charge is 0.328 e. The number of esters is 1. The van der Waals surface area contributed by atoms with Crippen molar-refractivity contribution in [2.75, 3.05) is 0 Å². The molecule has 0 fully saturated rings. The third-order valence-corrected chi connectivity index (χ3v) is 4.76. The number of nitrogens with zero attached hydrogens (tertiary/aromatic N) is 1. The molecule has 2 N–H and O–H groups in total. The SMILES string of the molecule is CCc1cc2c(=O)c(-c3nc(C)cs3)coc2cc1OC(=O)[C@H](C)N. The molecule has 0 amide bonds. The van der Waals surface area contributed by atoms with Crippen LogP contribution >= 0.6 is 11.3 Å². The minimum Gasteiger partial charge on any atom is -0.463 e. The Morgan fingerprint density at radius 3 is 2.80 bits per heavy atom. The monoisotopic (exact) mass is 358 g/mol. The summed E-state index contributed by atoms with van der Waals surface area (Å²) in [7, 11) is 0. The molecule has 6 nitrogen and oxygen atoms in total. The van der Waals surface area contributed by atoms with E-state index < -0.39 is 12.0 Å². The fraction of sp³-hybridized carbons (Fsp3) is 0.278. The first kappa shape index (κ1) is 17.3. The minimum atomic E-state index is -0.733. The second-order valence-electron chi connectivity index (χ2n) is 5.79. The normalized spacial score (nSPS) is 12.3. The summed E-state index contributed by atoms with van der Waals surface area (Å²) in [6, 6.07) is 2.53. The zero-order chi connectivity index (χ0) is 18.1. The molecule has 0 unspecified atom stereocenters. The van der Waals surface area contributed by atoms with Crippen molar-refractivity contribution in [3.63, 3.8) is 0 Å². The number of hydrogen-bond acceptors (Lipinski definition) is 7. The van der Waals surface area contributed by atoms with Crippen LogP contribution in [0.15, 0.2) is 33.0 Å². The van der Waals surface area contributed by atoms with E-state index in [2.05, 4.69) is 4.98 Å². The van der Waals surface area contributed by atoms with Gasteiger partial charge in [0.25, 0.3) is 0 Å². The van der Waals surface area contributed by atoms with Gasteiger partial charge < -0.3 is 14.9 Å². The summed E-state index contributed by atoms with van der Waals surface area (Å²) in [5.74, 6) is -0.176. The van der Waals surface area contributed by atoms with Gasteiger partial charge in [0.1, 0.15) is 28.6 Å². The Labute approximate surface area is 148 Å². The average Bonchev–Trinajstić information content (AvgIpc) is 3.00. The molecule has 0 spiro atoms. The van der Waals surface area contributed by atoms with E-state index in [1.165, 1.54) is 17.6 Å². The van der Waals surface area contributed by atoms with E-state index in [4.69, 9.17) is 14.9 Å². The van der Waals surface area contributed by atoms with Gasteiger partial charge in [-0.1, -0.05) is 6.92 Å². The Kier molecular flexibility index (Phi) is 4.69. The molecule has 0 aliphatic rings. The third kappa shape index (κ3) is 3.33. The van der Waals surface area contributed by atoms with Crippen molar-refractivity contribution in [3.8, 4) is 16.3 Å². The lowest BCUT2D eigenvalue weighted by Crippen LogP contribution is -2.31. The highest BCUT2D eigenvalue weighted by Crippen LogP contribution is 2.28. The minimum absolute atomic E-state index is 0.157. The molecule has 0 bridgehead atoms. The van der Waals surface area contributed by atoms with E-state index in [0.29, 0.717) is 33.7 Å². The Hall–Kier alpha value is -2.51. The molecule has 1 aromatic carbocycles. The summed E-state index contributed by atoms with van der Waals surface area (Å²) in [5, 5.41) is 2.94. The third-order valence-electron chi connectivity index (χ3n) is 3.77. The maximum atomic E-state index is 12.8. The Balaban J connectivity index is 2.14. The first-order valence-corrected chi connectivity index (χ1v) is 8.77. The Morgan fingerprint density at radius 2 is 2.20 bits per heavy atom. The van der Waals surface area contributed by atoms with Gasteiger partial charge >= 0.3 is 5.97 Å². The van der Waals surface area contributed by atoms with Gasteiger partial charge in [0.05, 0.1) is 10.9 Å². The number of carbonyl (C=O) groups is 1. The molecule has 0 aliphatic carbocycles. The summed E-state index contributed by atoms with van der Waals surface area (Å²) < 4.78 is 10.9. The number of carbonyl (C=O) groups excluding carboxylic acids is 1. The molecule has 0 aliphatic heterocycles. The van der Waals surface area contributed by atoms with E-state index in [1.807, 2.05) is 19.2 Å². The molecule has 0 saturated carbocycles. The maximum absolute atomic E-state index is 12.8. The molecule has 3 rings (SSSR count). The number of aryl methyl sites for hydroxylation is 2. The average molecular weight is 358 g/mol. The first-order chi connectivity index (χ1) is 11.9. The van der Waals surface area contributed by atoms with E-state index in [-0.39, 0.29) is 5.43 Å². The van der Waals surface area contributed by atoms with Gasteiger partial charge in [-0.25, -0.2) is 9.78 Å². The van der Waals surface area contributed by atoms with Crippen molar-refractivity contribution in [1.82, 2.24) is 4.98 Å². The van der Waals surface area contributed by atoms with E-state index in [9.17, 15) is 9.59 Å². The number of aromatic nitrogens is 1. The summed E-state index contributed by atoms with van der Waals surface area (Å²) >= 11 is 1.40. The van der Waals surface area contributed by atoms with Crippen molar-refractivity contribution in [1.29, 1.82) is 0 Å². The summed E-state index contributed by atoms with van der Waals surface area (Å²) in [5.41, 5.74) is 7.76. The molecule has 25 heavy (non-hydrogen) atoms. The van der Waals surface area contributed by atoms with Gasteiger partial charge in [-0.15, -0.1) is 11.3 Å². The van der Waals surface area contributed by atoms with Crippen molar-refractivity contribution in [3.05, 3.63) is 45.3 Å². The second kappa shape index (κ2) is 6.78. The lowest BCUT2D eigenvalue weighted by Gasteiger charge is -2.11. The van der Waals surface area contributed by atoms with E-state index in [1.54, 1.807) is 19.1 Å². The van der Waals surface area contributed by atoms with Crippen LogP contribution in [0.1, 0.15) is 25.1 Å². The summed E-state index contributed by atoms with van der Waals surface area (Å²) in [4.78, 5) is 28.9. The first-order valence-electron chi connectivity index (χ1n) is 7.89. The van der Waals surface area contributed by atoms with Crippen LogP contribution < -0.4 is 15.9 Å². The van der Waals surface area contributed by atoms with Gasteiger partial charge in [0.2, 0.25) is 5.43 Å². The lowest BCUT2D eigenvalue weighted by molar-refractivity contribution is -0.135. The van der Waals surface area contributed by atoms with Crippen LogP contribution in [0, 0.1) is 6.92 Å². The molecule has 0 radical (unpaired) electrons. The largest absolute Gasteiger partial charge is 0.463 e. The summed E-state index contributed by atoms with van der Waals surface area (Å²) in [6.45, 7) is 5.34. The fourth-order valence-electron chi connectivity index (χ4n) is 2.40. The van der Waals surface area contributed by atoms with Crippen molar-refractivity contribution >= 4 is 28.3 Å². The number of fused-ring (bicyclic) bond motifs is 1. The van der Waals surface area contributed by atoms with Crippen LogP contribution in [0.5, 0.6) is 5.75 Å². The van der Waals surface area contributed by atoms with E-state index in [0.717, 1.165) is 11.3 Å². The zero-order valence-corrected chi connectivity index (χ0v) is 15.0. The van der Waals surface area contributed by atoms with Crippen LogP contribution in [-0.4, -0.2) is 17.0 Å². The van der Waals surface area contributed by atoms with Crippen LogP contribution in [0.4, 0.5) is 0 Å². The number of benzene rings is 1. The van der Waals surface area contributed by atoms with Crippen LogP contribution in [0.2, 0.25) is 0 Å². The zero-order valence-electron chi connectivity index (χ0n) is 14.2. The predicted molar refractivity (Wildman–Crippen MR) is 97.0 cm³/mol. The molecule has 7 heteroatoms. The molecule has 2 aromatic heterocycles. The number of nitrogens with two attached hydrogens (primary N) is 1. The summed E-state index contributed by atoms with van der Waals surface area (Å²) in [6.07, 6.45) is 1.99. The predicted octanol–water partition coefficient (Wildman–Crippen LogP) is 3.04. The molecule has 1 atom stereocenters. The van der Waals surface area contributed by atoms with Crippen molar-refractivity contribution in [2.24, 2.45) is 5.73 Å². The molecule has 0 saturated heterocycles. The Bertz CT molecular complexity index is 1000. The van der Waals surface area contributed by atoms with Crippen molar-refractivity contribution < 1.29 is 13.9 Å². The van der Waals surface area contributed by atoms with Gasteiger partial charge in [0.15, 0.2) is 0 Å². The highest BCUT2D eigenvalue weighted by molar-refractivity contribution is 7.13. The topological polar surface area (TPSA) is 95.4 Å². The van der Waals surface area contributed by atoms with Crippen LogP contribution in [0.25, 0.3) is 21.5 Å². The Morgan fingerprint density at radius 1 is 1.44 bits per heavy atom. The van der Waals surface area contributed by atoms with Crippen LogP contribution in [0.3, 0.4) is 0 Å². The molecule has 3 aromatic rings. The quantitative estimate of drug-likeness (QED) is 0.569. The number of hydrogen-bond donors (Lipinski definition) is 1. The number of rotatable bonds is 4. The lowest BCUT2D eigenvalue weighted by atomic mass is 10.1. The molecular formula is C18H18N2O4S. The van der Waals surface area contributed by atoms with Gasteiger partial charge in [0, 0.05) is 17.1 Å². The molecule has 2 heterocycles. The fourth-order valence-corrected chi connectivity index (χ4v) is 3.20. The van der Waals surface area contributed by atoms with Gasteiger partial charge in [-0.3, -0.25) is 4.79 Å².